The Kier molecular flexibility index (Phi) is 5.21. The topological polar surface area (TPSA) is 52.0 Å². The summed E-state index contributed by atoms with van der Waals surface area (Å²) in [5, 5.41) is 5.34. The number of thiophene rings is 2. The normalized spacial score (nSPS) is 11.1. The van der Waals surface area contributed by atoms with E-state index in [1.807, 2.05) is 12.1 Å². The van der Waals surface area contributed by atoms with Crippen LogP contribution in [0.15, 0.2) is 53.2 Å². The Hall–Kier alpha value is -1.26. The number of hydrogen-bond acceptors (Lipinski definition) is 4. The molecule has 0 aliphatic heterocycles. The molecule has 0 aliphatic rings. The molecule has 5 heteroatoms. The van der Waals surface area contributed by atoms with Crippen molar-refractivity contribution >= 4 is 53.5 Å². The molecule has 2 aromatic heterocycles. The quantitative estimate of drug-likeness (QED) is 0.623. The first-order valence-electron chi connectivity index (χ1n) is 7.09. The van der Waals surface area contributed by atoms with E-state index in [4.69, 9.17) is 11.5 Å². The number of hydrogen-bond donors (Lipinski definition) is 2. The Morgan fingerprint density at radius 2 is 1.45 bits per heavy atom. The molecule has 0 saturated heterocycles. The summed E-state index contributed by atoms with van der Waals surface area (Å²) in [5.74, 6) is 0.339. The Balaban J connectivity index is 1.75. The number of nitrogen functional groups attached to an aromatic ring is 2. The second-order valence-corrected chi connectivity index (χ2v) is 9.33. The van der Waals surface area contributed by atoms with Crippen molar-refractivity contribution in [1.82, 2.24) is 0 Å². The van der Waals surface area contributed by atoms with Crippen LogP contribution in [-0.2, 0) is 0 Å². The van der Waals surface area contributed by atoms with Crippen LogP contribution in [0.25, 0.3) is 0 Å². The maximum atomic E-state index is 6.16. The molecule has 0 amide bonds. The van der Waals surface area contributed by atoms with Gasteiger partial charge < -0.3 is 0 Å². The Morgan fingerprint density at radius 1 is 0.864 bits per heavy atom. The summed E-state index contributed by atoms with van der Waals surface area (Å²) < 4.78 is 1.45. The van der Waals surface area contributed by atoms with E-state index < -0.39 is 0 Å². The third kappa shape index (κ3) is 3.55. The Morgan fingerprint density at radius 3 is 1.95 bits per heavy atom. The second kappa shape index (κ2) is 7.34. The summed E-state index contributed by atoms with van der Waals surface area (Å²) in [6.07, 6.45) is 1.10. The van der Waals surface area contributed by atoms with Gasteiger partial charge in [0, 0.05) is 0 Å². The third-order valence-corrected chi connectivity index (χ3v) is 7.79. The van der Waals surface area contributed by atoms with Crippen LogP contribution in [0.5, 0.6) is 0 Å². The van der Waals surface area contributed by atoms with Crippen molar-refractivity contribution in [3.63, 3.8) is 0 Å². The summed E-state index contributed by atoms with van der Waals surface area (Å²) in [4.78, 5) is 2.52. The van der Waals surface area contributed by atoms with Gasteiger partial charge >= 0.3 is 146 Å². The van der Waals surface area contributed by atoms with Gasteiger partial charge in [0.2, 0.25) is 0 Å². The van der Waals surface area contributed by atoms with Crippen LogP contribution in [0, 0.1) is 0 Å². The van der Waals surface area contributed by atoms with E-state index in [1.165, 1.54) is 19.5 Å². The van der Waals surface area contributed by atoms with E-state index in [-0.39, 0.29) is 0 Å². The zero-order chi connectivity index (χ0) is 15.4. The first-order valence-corrected chi connectivity index (χ1v) is 10.9. The molecule has 4 N–H and O–H groups in total. The molecule has 2 nitrogen and oxygen atoms in total. The molecule has 114 valence electrons. The van der Waals surface area contributed by atoms with Crippen LogP contribution < -0.4 is 15.9 Å². The van der Waals surface area contributed by atoms with Gasteiger partial charge in [-0.3, -0.25) is 0 Å². The fraction of sp³-hybridized carbons (Fsp3) is 0.176. The number of anilines is 2. The van der Waals surface area contributed by atoms with E-state index in [9.17, 15) is 0 Å². The molecule has 3 rings (SSSR count). The molecule has 2 heterocycles. The van der Waals surface area contributed by atoms with Gasteiger partial charge in [0.25, 0.3) is 0 Å². The van der Waals surface area contributed by atoms with Crippen LogP contribution in [0.4, 0.5) is 11.4 Å². The van der Waals surface area contributed by atoms with Gasteiger partial charge in [0.05, 0.1) is 0 Å². The van der Waals surface area contributed by atoms with Crippen LogP contribution in [-0.4, -0.2) is 15.0 Å². The summed E-state index contributed by atoms with van der Waals surface area (Å²) in [6.45, 7) is 0. The average molecular weight is 393 g/mol. The van der Waals surface area contributed by atoms with Crippen LogP contribution in [0.3, 0.4) is 0 Å². The van der Waals surface area contributed by atoms with Crippen molar-refractivity contribution in [1.29, 1.82) is 0 Å². The third-order valence-electron chi connectivity index (χ3n) is 3.51. The van der Waals surface area contributed by atoms with Gasteiger partial charge in [-0.1, -0.05) is 0 Å². The van der Waals surface area contributed by atoms with Gasteiger partial charge in [0.15, 0.2) is 0 Å². The zero-order valence-electron chi connectivity index (χ0n) is 12.1. The fourth-order valence-electron chi connectivity index (χ4n) is 2.42. The van der Waals surface area contributed by atoms with Crippen molar-refractivity contribution in [2.24, 2.45) is 0 Å². The standard InChI is InChI=1S/C17H18N2S2Se/c18-14-6-9-20-16(14)13(17-15(19)7-10-21-17)8-11-22-12-4-2-1-3-5-12/h1-7,9-10,13H,8,11,18-19H2. The van der Waals surface area contributed by atoms with E-state index >= 15 is 0 Å². The zero-order valence-corrected chi connectivity index (χ0v) is 15.4. The first kappa shape index (κ1) is 15.6. The maximum absolute atomic E-state index is 6.16. The number of rotatable bonds is 6. The molecule has 0 aliphatic carbocycles. The van der Waals surface area contributed by atoms with Crippen molar-refractivity contribution in [2.45, 2.75) is 17.7 Å². The molecule has 0 unspecified atom stereocenters. The molecule has 0 bridgehead atoms. The van der Waals surface area contributed by atoms with Crippen molar-refractivity contribution < 1.29 is 0 Å². The minimum atomic E-state index is 0.339. The first-order chi connectivity index (χ1) is 10.8. The van der Waals surface area contributed by atoms with Gasteiger partial charge in [-0.2, -0.15) is 0 Å². The molecule has 0 atom stereocenters. The van der Waals surface area contributed by atoms with Crippen LogP contribution in [0.2, 0.25) is 5.32 Å². The second-order valence-electron chi connectivity index (χ2n) is 4.98. The molecule has 0 spiro atoms. The molecule has 0 radical (unpaired) electrons. The molecule has 1 aromatic carbocycles. The predicted octanol–water partition coefficient (Wildman–Crippen LogP) is 3.94. The van der Waals surface area contributed by atoms with Crippen molar-refractivity contribution in [3.05, 3.63) is 63.0 Å². The Labute approximate surface area is 145 Å². The molecule has 0 saturated carbocycles. The van der Waals surface area contributed by atoms with E-state index in [0.29, 0.717) is 20.9 Å². The van der Waals surface area contributed by atoms with E-state index in [0.717, 1.165) is 17.8 Å². The number of benzene rings is 1. The molecular weight excluding hydrogens is 375 g/mol. The summed E-state index contributed by atoms with van der Waals surface area (Å²) in [5.41, 5.74) is 14.1. The van der Waals surface area contributed by atoms with Crippen LogP contribution in [0.1, 0.15) is 22.1 Å². The van der Waals surface area contributed by atoms with E-state index in [2.05, 4.69) is 41.1 Å². The summed E-state index contributed by atoms with van der Waals surface area (Å²) in [7, 11) is 0. The Bertz CT molecular complexity index is 681. The van der Waals surface area contributed by atoms with Gasteiger partial charge in [0.1, 0.15) is 0 Å². The van der Waals surface area contributed by atoms with Gasteiger partial charge in [-0.25, -0.2) is 0 Å². The van der Waals surface area contributed by atoms with Crippen LogP contribution >= 0.6 is 22.7 Å². The fourth-order valence-corrected chi connectivity index (χ4v) is 6.40. The number of nitrogens with two attached hydrogens (primary N) is 2. The average Bonchev–Trinajstić information content (AvgIpc) is 3.14. The molecule has 3 aromatic rings. The SMILES string of the molecule is Nc1ccsc1C(CC[Se]c1ccccc1)c1sccc1N. The molecular formula is C17H18N2S2Se. The van der Waals surface area contributed by atoms with Crippen molar-refractivity contribution in [3.8, 4) is 0 Å². The molecule has 22 heavy (non-hydrogen) atoms. The van der Waals surface area contributed by atoms with Gasteiger partial charge in [-0.05, 0) is 0 Å². The monoisotopic (exact) mass is 394 g/mol. The minimum absolute atomic E-state index is 0.339. The molecule has 0 fully saturated rings. The predicted molar refractivity (Wildman–Crippen MR) is 101 cm³/mol. The summed E-state index contributed by atoms with van der Waals surface area (Å²) >= 11 is 3.99. The van der Waals surface area contributed by atoms with E-state index in [1.54, 1.807) is 22.7 Å². The summed E-state index contributed by atoms with van der Waals surface area (Å²) in [6, 6.07) is 14.7. The van der Waals surface area contributed by atoms with Gasteiger partial charge in [-0.15, -0.1) is 0 Å². The van der Waals surface area contributed by atoms with Crippen molar-refractivity contribution in [2.75, 3.05) is 11.5 Å².